The highest BCUT2D eigenvalue weighted by Crippen LogP contribution is 2.52. The maximum atomic E-state index is 4.18. The predicted molar refractivity (Wildman–Crippen MR) is 69.8 cm³/mol. The molecule has 4 heteroatoms. The molecule has 0 radical (unpaired) electrons. The molecule has 2 fully saturated rings. The lowest BCUT2D eigenvalue weighted by atomic mass is 9.65. The van der Waals surface area contributed by atoms with Gasteiger partial charge in [-0.25, -0.2) is 0 Å². The SMILES string of the molecule is CC1(C)CC2CC(C)(CN2Cc2csnn2)C1. The summed E-state index contributed by atoms with van der Waals surface area (Å²) in [6, 6.07) is 0.755. The topological polar surface area (TPSA) is 29.0 Å². The van der Waals surface area contributed by atoms with Crippen molar-refractivity contribution in [1.29, 1.82) is 0 Å². The van der Waals surface area contributed by atoms with Gasteiger partial charge in [0, 0.05) is 24.5 Å². The molecule has 0 amide bonds. The Morgan fingerprint density at radius 1 is 1.41 bits per heavy atom. The van der Waals surface area contributed by atoms with Gasteiger partial charge in [-0.3, -0.25) is 4.90 Å². The van der Waals surface area contributed by atoms with Gasteiger partial charge in [-0.2, -0.15) is 0 Å². The van der Waals surface area contributed by atoms with Crippen LogP contribution in [-0.4, -0.2) is 27.1 Å². The molecule has 0 spiro atoms. The van der Waals surface area contributed by atoms with E-state index in [9.17, 15) is 0 Å². The van der Waals surface area contributed by atoms with Gasteiger partial charge in [0.15, 0.2) is 0 Å². The minimum absolute atomic E-state index is 0.507. The number of fused-ring (bicyclic) bond motifs is 2. The third-order valence-electron chi connectivity index (χ3n) is 4.29. The Morgan fingerprint density at radius 2 is 2.24 bits per heavy atom. The van der Waals surface area contributed by atoms with Crippen molar-refractivity contribution in [2.24, 2.45) is 10.8 Å². The van der Waals surface area contributed by atoms with Crippen LogP contribution >= 0.6 is 11.5 Å². The summed E-state index contributed by atoms with van der Waals surface area (Å²) in [7, 11) is 0. The Hall–Kier alpha value is -0.480. The van der Waals surface area contributed by atoms with Gasteiger partial charge in [-0.15, -0.1) is 5.10 Å². The van der Waals surface area contributed by atoms with Gasteiger partial charge in [-0.1, -0.05) is 25.3 Å². The van der Waals surface area contributed by atoms with Crippen LogP contribution < -0.4 is 0 Å². The summed E-state index contributed by atoms with van der Waals surface area (Å²) < 4.78 is 3.96. The van der Waals surface area contributed by atoms with E-state index in [1.807, 2.05) is 0 Å². The summed E-state index contributed by atoms with van der Waals surface area (Å²) in [6.45, 7) is 9.53. The predicted octanol–water partition coefficient (Wildman–Crippen LogP) is 2.94. The van der Waals surface area contributed by atoms with Gasteiger partial charge >= 0.3 is 0 Å². The van der Waals surface area contributed by atoms with Gasteiger partial charge in [0.25, 0.3) is 0 Å². The summed E-state index contributed by atoms with van der Waals surface area (Å²) >= 11 is 1.46. The fourth-order valence-electron chi connectivity index (χ4n) is 4.22. The minimum atomic E-state index is 0.507. The van der Waals surface area contributed by atoms with E-state index in [0.29, 0.717) is 10.8 Å². The van der Waals surface area contributed by atoms with Crippen LogP contribution in [-0.2, 0) is 6.54 Å². The van der Waals surface area contributed by atoms with Crippen molar-refractivity contribution >= 4 is 11.5 Å². The Kier molecular flexibility index (Phi) is 2.56. The van der Waals surface area contributed by atoms with Crippen LogP contribution in [0.2, 0.25) is 0 Å². The smallest absolute Gasteiger partial charge is 0.0895 e. The fraction of sp³-hybridized carbons (Fsp3) is 0.846. The lowest BCUT2D eigenvalue weighted by molar-refractivity contribution is 0.126. The molecule has 1 aliphatic carbocycles. The number of aromatic nitrogens is 2. The number of nitrogens with zero attached hydrogens (tertiary/aromatic N) is 3. The van der Waals surface area contributed by atoms with E-state index in [-0.39, 0.29) is 0 Å². The lowest BCUT2D eigenvalue weighted by Crippen LogP contribution is -2.34. The third kappa shape index (κ3) is 2.25. The van der Waals surface area contributed by atoms with Crippen molar-refractivity contribution in [3.63, 3.8) is 0 Å². The summed E-state index contributed by atoms with van der Waals surface area (Å²) in [5, 5.41) is 6.26. The van der Waals surface area contributed by atoms with E-state index in [1.165, 1.54) is 37.3 Å². The van der Waals surface area contributed by atoms with E-state index in [2.05, 4.69) is 40.6 Å². The maximum absolute atomic E-state index is 4.18. The van der Waals surface area contributed by atoms with E-state index < -0.39 is 0 Å². The molecule has 1 saturated heterocycles. The maximum Gasteiger partial charge on any atom is 0.0895 e. The molecular weight excluding hydrogens is 230 g/mol. The van der Waals surface area contributed by atoms with Gasteiger partial charge in [0.2, 0.25) is 0 Å². The van der Waals surface area contributed by atoms with Crippen molar-refractivity contribution in [1.82, 2.24) is 14.5 Å². The molecule has 2 heterocycles. The first kappa shape index (κ1) is 11.6. The highest BCUT2D eigenvalue weighted by Gasteiger charge is 2.49. The summed E-state index contributed by atoms with van der Waals surface area (Å²) in [5.74, 6) is 0. The number of rotatable bonds is 2. The van der Waals surface area contributed by atoms with Crippen LogP contribution in [0.4, 0.5) is 0 Å². The molecule has 2 unspecified atom stereocenters. The second-order valence-corrected chi connectivity index (χ2v) is 7.62. The second-order valence-electron chi connectivity index (χ2n) is 7.01. The van der Waals surface area contributed by atoms with E-state index in [0.717, 1.165) is 18.3 Å². The van der Waals surface area contributed by atoms with Crippen molar-refractivity contribution in [2.45, 2.75) is 52.6 Å². The number of hydrogen-bond acceptors (Lipinski definition) is 4. The lowest BCUT2D eigenvalue weighted by Gasteiger charge is -2.39. The van der Waals surface area contributed by atoms with Crippen molar-refractivity contribution in [3.8, 4) is 0 Å². The summed E-state index contributed by atoms with van der Waals surface area (Å²) in [5.41, 5.74) is 2.17. The van der Waals surface area contributed by atoms with Gasteiger partial charge < -0.3 is 0 Å². The number of hydrogen-bond donors (Lipinski definition) is 0. The van der Waals surface area contributed by atoms with Crippen LogP contribution in [0.1, 0.15) is 45.7 Å². The molecule has 2 atom stereocenters. The Labute approximate surface area is 107 Å². The first-order chi connectivity index (χ1) is 7.96. The first-order valence-electron chi connectivity index (χ1n) is 6.46. The second kappa shape index (κ2) is 3.75. The third-order valence-corrected chi connectivity index (χ3v) is 4.85. The molecule has 3 rings (SSSR count). The first-order valence-corrected chi connectivity index (χ1v) is 7.30. The zero-order valence-corrected chi connectivity index (χ0v) is 11.8. The molecule has 17 heavy (non-hydrogen) atoms. The van der Waals surface area contributed by atoms with E-state index in [1.54, 1.807) is 0 Å². The highest BCUT2D eigenvalue weighted by atomic mass is 32.1. The Morgan fingerprint density at radius 3 is 2.94 bits per heavy atom. The van der Waals surface area contributed by atoms with Gasteiger partial charge in [0.05, 0.1) is 5.69 Å². The Balaban J connectivity index is 1.77. The van der Waals surface area contributed by atoms with Gasteiger partial charge in [-0.05, 0) is 41.6 Å². The highest BCUT2D eigenvalue weighted by molar-refractivity contribution is 7.03. The van der Waals surface area contributed by atoms with Crippen LogP contribution in [0.25, 0.3) is 0 Å². The summed E-state index contributed by atoms with van der Waals surface area (Å²) in [6.07, 6.45) is 4.07. The molecule has 0 N–H and O–H groups in total. The van der Waals surface area contributed by atoms with Crippen LogP contribution in [0, 0.1) is 10.8 Å². The molecular formula is C13H21N3S. The quantitative estimate of drug-likeness (QED) is 0.809. The molecule has 2 aliphatic rings. The molecule has 1 aromatic heterocycles. The van der Waals surface area contributed by atoms with Crippen LogP contribution in [0.5, 0.6) is 0 Å². The molecule has 1 aliphatic heterocycles. The standard InChI is InChI=1S/C13H21N3S/c1-12(2)4-11-5-13(3,8-12)9-16(11)6-10-7-17-15-14-10/h7,11H,4-6,8-9H2,1-3H3. The number of likely N-dealkylation sites (tertiary alicyclic amines) is 1. The van der Waals surface area contributed by atoms with Crippen molar-refractivity contribution in [3.05, 3.63) is 11.1 Å². The van der Waals surface area contributed by atoms with Crippen molar-refractivity contribution < 1.29 is 0 Å². The molecule has 1 aromatic rings. The minimum Gasteiger partial charge on any atom is -0.294 e. The van der Waals surface area contributed by atoms with E-state index >= 15 is 0 Å². The van der Waals surface area contributed by atoms with E-state index in [4.69, 9.17) is 0 Å². The molecule has 3 nitrogen and oxygen atoms in total. The molecule has 94 valence electrons. The average Bonchev–Trinajstić information content (AvgIpc) is 2.72. The van der Waals surface area contributed by atoms with Crippen molar-refractivity contribution in [2.75, 3.05) is 6.54 Å². The van der Waals surface area contributed by atoms with Crippen LogP contribution in [0.15, 0.2) is 5.38 Å². The fourth-order valence-corrected chi connectivity index (χ4v) is 4.67. The van der Waals surface area contributed by atoms with Crippen LogP contribution in [0.3, 0.4) is 0 Å². The molecule has 1 saturated carbocycles. The molecule has 2 bridgehead atoms. The van der Waals surface area contributed by atoms with Gasteiger partial charge in [0.1, 0.15) is 0 Å². The zero-order chi connectivity index (χ0) is 12.1. The Bertz CT molecular complexity index is 401. The zero-order valence-electron chi connectivity index (χ0n) is 10.9. The molecule has 0 aromatic carbocycles. The summed E-state index contributed by atoms with van der Waals surface area (Å²) in [4.78, 5) is 2.63. The normalized spacial score (nSPS) is 36.3. The average molecular weight is 251 g/mol. The monoisotopic (exact) mass is 251 g/mol. The largest absolute Gasteiger partial charge is 0.294 e.